The summed E-state index contributed by atoms with van der Waals surface area (Å²) in [7, 11) is 0. The minimum absolute atomic E-state index is 0.00614. The number of hydrogen-bond donors (Lipinski definition) is 1. The number of allylic oxidation sites excluding steroid dienone is 2. The van der Waals surface area contributed by atoms with Gasteiger partial charge in [0.15, 0.2) is 5.78 Å². The number of aliphatic hydroxyl groups excluding tert-OH is 1. The summed E-state index contributed by atoms with van der Waals surface area (Å²) in [6.45, 7) is 5.41. The maximum absolute atomic E-state index is 12.8. The van der Waals surface area contributed by atoms with Crippen molar-refractivity contribution in [3.05, 3.63) is 47.5 Å². The normalized spacial score (nSPS) is 14.2. The highest BCUT2D eigenvalue weighted by Crippen LogP contribution is 2.38. The van der Waals surface area contributed by atoms with E-state index in [2.05, 4.69) is 29.2 Å². The van der Waals surface area contributed by atoms with Gasteiger partial charge in [-0.15, -0.1) is 0 Å². The van der Waals surface area contributed by atoms with Gasteiger partial charge in [-0.05, 0) is 30.7 Å². The summed E-state index contributed by atoms with van der Waals surface area (Å²) in [6, 6.07) is 14.5. The Kier molecular flexibility index (Phi) is 8.60. The molecule has 6 heteroatoms. The predicted molar refractivity (Wildman–Crippen MR) is 122 cm³/mol. The van der Waals surface area contributed by atoms with Crippen LogP contribution in [0.4, 0.5) is 5.69 Å². The van der Waals surface area contributed by atoms with Crippen LogP contribution in [-0.4, -0.2) is 57.0 Å². The van der Waals surface area contributed by atoms with Gasteiger partial charge < -0.3 is 19.5 Å². The summed E-state index contributed by atoms with van der Waals surface area (Å²) in [6.07, 6.45) is 1.97. The largest absolute Gasteiger partial charge is 0.394 e. The Hall–Kier alpha value is -2.72. The maximum atomic E-state index is 12.8. The van der Waals surface area contributed by atoms with Crippen LogP contribution in [0.25, 0.3) is 16.3 Å². The first-order valence-corrected chi connectivity index (χ1v) is 10.8. The Balaban J connectivity index is 1.72. The highest BCUT2D eigenvalue weighted by Gasteiger charge is 2.23. The number of nitriles is 1. The molecular formula is C25H30N2O4. The van der Waals surface area contributed by atoms with E-state index in [1.807, 2.05) is 25.1 Å². The number of aliphatic hydroxyl groups is 1. The molecule has 0 aliphatic carbocycles. The number of carbonyl (C=O) groups excluding carboxylic acids is 1. The predicted octanol–water partition coefficient (Wildman–Crippen LogP) is 3.72. The average Bonchev–Trinajstić information content (AvgIpc) is 2.75. The molecule has 0 atom stereocenters. The van der Waals surface area contributed by atoms with Gasteiger partial charge in [0.05, 0.1) is 37.7 Å². The van der Waals surface area contributed by atoms with Gasteiger partial charge in [-0.2, -0.15) is 5.26 Å². The molecule has 0 amide bonds. The van der Waals surface area contributed by atoms with Crippen molar-refractivity contribution in [3.63, 3.8) is 0 Å². The zero-order chi connectivity index (χ0) is 22.1. The van der Waals surface area contributed by atoms with E-state index < -0.39 is 0 Å². The molecule has 164 valence electrons. The van der Waals surface area contributed by atoms with Crippen LogP contribution < -0.4 is 4.90 Å². The Morgan fingerprint density at radius 1 is 1.10 bits per heavy atom. The second-order valence-corrected chi connectivity index (χ2v) is 7.61. The fraction of sp³-hybridized carbons (Fsp3) is 0.440. The number of hydrogen-bond acceptors (Lipinski definition) is 6. The van der Waals surface area contributed by atoms with Crippen LogP contribution in [0, 0.1) is 11.3 Å². The smallest absolute Gasteiger partial charge is 0.173 e. The quantitative estimate of drug-likeness (QED) is 0.319. The SMILES string of the molecule is C/C(=C(/C#N)C(=O)CCCOCCOCCO)c1ccc2ccccc2c1N1CCC1. The second kappa shape index (κ2) is 11.6. The highest BCUT2D eigenvalue weighted by atomic mass is 16.5. The second-order valence-electron chi connectivity index (χ2n) is 7.61. The fourth-order valence-electron chi connectivity index (χ4n) is 3.77. The minimum atomic E-state index is -0.150. The van der Waals surface area contributed by atoms with Gasteiger partial charge in [0, 0.05) is 37.1 Å². The Labute approximate surface area is 183 Å². The molecule has 1 heterocycles. The lowest BCUT2D eigenvalue weighted by Crippen LogP contribution is -2.37. The summed E-state index contributed by atoms with van der Waals surface area (Å²) < 4.78 is 10.6. The van der Waals surface area contributed by atoms with E-state index in [1.54, 1.807) is 0 Å². The van der Waals surface area contributed by atoms with Crippen LogP contribution in [0.1, 0.15) is 31.7 Å². The lowest BCUT2D eigenvalue weighted by Gasteiger charge is -2.36. The zero-order valence-corrected chi connectivity index (χ0v) is 18.1. The molecule has 2 aromatic carbocycles. The Morgan fingerprint density at radius 2 is 1.84 bits per heavy atom. The van der Waals surface area contributed by atoms with E-state index >= 15 is 0 Å². The molecule has 31 heavy (non-hydrogen) atoms. The van der Waals surface area contributed by atoms with Gasteiger partial charge in [0.2, 0.25) is 0 Å². The molecule has 1 saturated heterocycles. The van der Waals surface area contributed by atoms with E-state index in [9.17, 15) is 10.1 Å². The van der Waals surface area contributed by atoms with E-state index in [-0.39, 0.29) is 24.4 Å². The number of nitrogens with zero attached hydrogens (tertiary/aromatic N) is 2. The first-order valence-electron chi connectivity index (χ1n) is 10.8. The van der Waals surface area contributed by atoms with E-state index in [0.29, 0.717) is 32.8 Å². The number of fused-ring (bicyclic) bond motifs is 1. The minimum Gasteiger partial charge on any atom is -0.394 e. The monoisotopic (exact) mass is 422 g/mol. The molecule has 0 aromatic heterocycles. The fourth-order valence-corrected chi connectivity index (χ4v) is 3.77. The van der Waals surface area contributed by atoms with Crippen molar-refractivity contribution in [2.24, 2.45) is 0 Å². The third kappa shape index (κ3) is 5.71. The van der Waals surface area contributed by atoms with Gasteiger partial charge in [-0.3, -0.25) is 4.79 Å². The van der Waals surface area contributed by atoms with Crippen molar-refractivity contribution >= 4 is 27.8 Å². The first kappa shape index (κ1) is 23.0. The van der Waals surface area contributed by atoms with Crippen molar-refractivity contribution in [2.45, 2.75) is 26.2 Å². The van der Waals surface area contributed by atoms with Crippen LogP contribution in [0.2, 0.25) is 0 Å². The number of rotatable bonds is 12. The van der Waals surface area contributed by atoms with E-state index in [4.69, 9.17) is 14.6 Å². The van der Waals surface area contributed by atoms with Crippen molar-refractivity contribution in [1.29, 1.82) is 5.26 Å². The number of benzene rings is 2. The maximum Gasteiger partial charge on any atom is 0.173 e. The molecule has 0 unspecified atom stereocenters. The van der Waals surface area contributed by atoms with Crippen LogP contribution >= 0.6 is 0 Å². The number of carbonyl (C=O) groups is 1. The Morgan fingerprint density at radius 3 is 2.52 bits per heavy atom. The molecule has 3 rings (SSSR count). The molecule has 1 fully saturated rings. The summed E-state index contributed by atoms with van der Waals surface area (Å²) in [5.41, 5.74) is 3.04. The van der Waals surface area contributed by atoms with Crippen molar-refractivity contribution in [2.75, 3.05) is 51.0 Å². The summed E-state index contributed by atoms with van der Waals surface area (Å²) in [5, 5.41) is 20.7. The molecule has 1 aliphatic heterocycles. The van der Waals surface area contributed by atoms with Crippen molar-refractivity contribution < 1.29 is 19.4 Å². The van der Waals surface area contributed by atoms with Crippen LogP contribution in [0.15, 0.2) is 42.0 Å². The summed E-state index contributed by atoms with van der Waals surface area (Å²) >= 11 is 0. The van der Waals surface area contributed by atoms with Crippen molar-refractivity contribution in [1.82, 2.24) is 0 Å². The molecule has 1 aliphatic rings. The molecule has 2 aromatic rings. The number of ketones is 1. The molecule has 0 radical (unpaired) electrons. The van der Waals surface area contributed by atoms with Gasteiger partial charge in [0.25, 0.3) is 0 Å². The lowest BCUT2D eigenvalue weighted by atomic mass is 9.92. The molecule has 0 saturated carbocycles. The molecular weight excluding hydrogens is 392 g/mol. The first-order chi connectivity index (χ1) is 15.2. The number of anilines is 1. The summed E-state index contributed by atoms with van der Waals surface area (Å²) in [4.78, 5) is 15.1. The van der Waals surface area contributed by atoms with Crippen LogP contribution in [-0.2, 0) is 14.3 Å². The summed E-state index contributed by atoms with van der Waals surface area (Å²) in [5.74, 6) is -0.150. The van der Waals surface area contributed by atoms with Gasteiger partial charge in [-0.25, -0.2) is 0 Å². The third-order valence-electron chi connectivity index (χ3n) is 5.54. The number of Topliss-reactive ketones (excluding diaryl/α,β-unsaturated/α-hetero) is 1. The van der Waals surface area contributed by atoms with Crippen LogP contribution in [0.5, 0.6) is 0 Å². The third-order valence-corrected chi connectivity index (χ3v) is 5.54. The molecule has 6 nitrogen and oxygen atoms in total. The van der Waals surface area contributed by atoms with Crippen LogP contribution in [0.3, 0.4) is 0 Å². The molecule has 0 spiro atoms. The number of ether oxygens (including phenoxy) is 2. The lowest BCUT2D eigenvalue weighted by molar-refractivity contribution is -0.115. The topological polar surface area (TPSA) is 82.8 Å². The van der Waals surface area contributed by atoms with Gasteiger partial charge in [0.1, 0.15) is 6.07 Å². The standard InChI is InChI=1S/C25H30N2O4/c1-19(23(18-26)24(29)8-4-14-30-16-17-31-15-13-28)21-10-9-20-6-2-3-7-22(20)25(21)27-11-5-12-27/h2-3,6-7,9-10,28H,4-5,8,11-17H2,1H3/b23-19+. The molecule has 1 N–H and O–H groups in total. The highest BCUT2D eigenvalue weighted by molar-refractivity contribution is 6.09. The van der Waals surface area contributed by atoms with Gasteiger partial charge >= 0.3 is 0 Å². The van der Waals surface area contributed by atoms with E-state index in [0.717, 1.165) is 47.1 Å². The van der Waals surface area contributed by atoms with Crippen molar-refractivity contribution in [3.8, 4) is 6.07 Å². The van der Waals surface area contributed by atoms with E-state index in [1.165, 1.54) is 0 Å². The van der Waals surface area contributed by atoms with Gasteiger partial charge in [-0.1, -0.05) is 36.4 Å². The molecule has 0 bridgehead atoms. The zero-order valence-electron chi connectivity index (χ0n) is 18.1. The average molecular weight is 423 g/mol. The Bertz CT molecular complexity index is 973.